The van der Waals surface area contributed by atoms with E-state index in [1.165, 1.54) is 11.3 Å². The average molecular weight is 421 g/mol. The van der Waals surface area contributed by atoms with E-state index >= 15 is 0 Å². The van der Waals surface area contributed by atoms with Gasteiger partial charge in [-0.3, -0.25) is 4.90 Å². The minimum atomic E-state index is 0.542. The first-order valence-electron chi connectivity index (χ1n) is 10.7. The first kappa shape index (κ1) is 19.9. The van der Waals surface area contributed by atoms with Crippen LogP contribution in [0, 0.1) is 20.8 Å². The zero-order valence-electron chi connectivity index (χ0n) is 18.2. The predicted octanol–water partition coefficient (Wildman–Crippen LogP) is 2.25. The highest BCUT2D eigenvalue weighted by Crippen LogP contribution is 2.26. The second kappa shape index (κ2) is 8.24. The molecule has 1 aromatic carbocycles. The van der Waals surface area contributed by atoms with Crippen LogP contribution in [0.4, 0.5) is 17.3 Å². The summed E-state index contributed by atoms with van der Waals surface area (Å²) < 4.78 is 7.02. The Morgan fingerprint density at radius 3 is 2.48 bits per heavy atom. The molecule has 9 heteroatoms. The summed E-state index contributed by atoms with van der Waals surface area (Å²) >= 11 is 0. The molecule has 0 atom stereocenters. The van der Waals surface area contributed by atoms with Crippen LogP contribution in [0.5, 0.6) is 0 Å². The van der Waals surface area contributed by atoms with Crippen molar-refractivity contribution < 1.29 is 4.74 Å². The number of benzene rings is 1. The van der Waals surface area contributed by atoms with Gasteiger partial charge in [0.15, 0.2) is 5.82 Å². The van der Waals surface area contributed by atoms with Gasteiger partial charge in [0, 0.05) is 49.3 Å². The van der Waals surface area contributed by atoms with E-state index < -0.39 is 0 Å². The Morgan fingerprint density at radius 1 is 0.968 bits per heavy atom. The monoisotopic (exact) mass is 420 g/mol. The number of rotatable bonds is 5. The highest BCUT2D eigenvalue weighted by molar-refractivity contribution is 5.64. The largest absolute Gasteiger partial charge is 0.378 e. The summed E-state index contributed by atoms with van der Waals surface area (Å²) in [6.07, 6.45) is 1.67. The van der Waals surface area contributed by atoms with Crippen LogP contribution in [0.25, 0.3) is 5.82 Å². The number of piperazine rings is 1. The molecule has 2 fully saturated rings. The lowest BCUT2D eigenvalue weighted by Gasteiger charge is -2.43. The molecule has 1 N–H and O–H groups in total. The van der Waals surface area contributed by atoms with Crippen molar-refractivity contribution in [3.63, 3.8) is 0 Å². The summed E-state index contributed by atoms with van der Waals surface area (Å²) in [4.78, 5) is 18.2. The molecule has 0 amide bonds. The maximum atomic E-state index is 5.35. The molecular weight excluding hydrogens is 392 g/mol. The Labute approximate surface area is 182 Å². The van der Waals surface area contributed by atoms with E-state index in [4.69, 9.17) is 4.74 Å². The maximum absolute atomic E-state index is 5.35. The molecule has 0 radical (unpaired) electrons. The van der Waals surface area contributed by atoms with Crippen molar-refractivity contribution in [3.8, 4) is 5.82 Å². The zero-order valence-corrected chi connectivity index (χ0v) is 18.2. The Kier molecular flexibility index (Phi) is 5.29. The van der Waals surface area contributed by atoms with Crippen molar-refractivity contribution in [2.24, 2.45) is 0 Å². The molecule has 4 heterocycles. The van der Waals surface area contributed by atoms with Crippen LogP contribution in [-0.4, -0.2) is 75.1 Å². The van der Waals surface area contributed by atoms with Gasteiger partial charge in [-0.25, -0.2) is 14.6 Å². The van der Waals surface area contributed by atoms with E-state index in [-0.39, 0.29) is 0 Å². The second-order valence-corrected chi connectivity index (χ2v) is 8.32. The molecular formula is C22H28N8O. The predicted molar refractivity (Wildman–Crippen MR) is 119 cm³/mol. The highest BCUT2D eigenvalue weighted by Gasteiger charge is 2.29. The number of aryl methyl sites for hydroxylation is 3. The van der Waals surface area contributed by atoms with Crippen LogP contribution < -0.4 is 10.2 Å². The Bertz CT molecular complexity index is 1050. The molecule has 0 aliphatic carbocycles. The molecule has 0 spiro atoms. The molecule has 9 nitrogen and oxygen atoms in total. The third-order valence-corrected chi connectivity index (χ3v) is 5.81. The van der Waals surface area contributed by atoms with E-state index in [9.17, 15) is 0 Å². The quantitative estimate of drug-likeness (QED) is 0.673. The number of hydrogen-bond acceptors (Lipinski definition) is 8. The van der Waals surface area contributed by atoms with Gasteiger partial charge in [-0.2, -0.15) is 4.98 Å². The normalized spacial score (nSPS) is 17.6. The fourth-order valence-corrected chi connectivity index (χ4v) is 4.17. The van der Waals surface area contributed by atoms with Crippen molar-refractivity contribution in [3.05, 3.63) is 47.7 Å². The number of anilines is 3. The highest BCUT2D eigenvalue weighted by atomic mass is 16.5. The SMILES string of the molecule is Cc1cc(Nc2ncn(-c3cc(C)nc(C)n3)n2)cc(N2CCN(C3COC3)CC2)c1. The summed E-state index contributed by atoms with van der Waals surface area (Å²) in [6, 6.07) is 9.04. The van der Waals surface area contributed by atoms with Gasteiger partial charge in [-0.15, -0.1) is 5.10 Å². The third-order valence-electron chi connectivity index (χ3n) is 5.81. The Hall–Kier alpha value is -3.04. The van der Waals surface area contributed by atoms with Gasteiger partial charge in [-0.1, -0.05) is 0 Å². The number of ether oxygens (including phenoxy) is 1. The molecule has 0 bridgehead atoms. The molecule has 5 rings (SSSR count). The van der Waals surface area contributed by atoms with Crippen LogP contribution in [0.15, 0.2) is 30.6 Å². The summed E-state index contributed by atoms with van der Waals surface area (Å²) in [7, 11) is 0. The summed E-state index contributed by atoms with van der Waals surface area (Å²) in [6.45, 7) is 11.9. The minimum Gasteiger partial charge on any atom is -0.378 e. The lowest BCUT2D eigenvalue weighted by Crippen LogP contribution is -2.56. The van der Waals surface area contributed by atoms with Crippen LogP contribution in [0.1, 0.15) is 17.1 Å². The van der Waals surface area contributed by atoms with Crippen molar-refractivity contribution in [2.75, 3.05) is 49.6 Å². The molecule has 0 unspecified atom stereocenters. The van der Waals surface area contributed by atoms with E-state index in [2.05, 4.69) is 60.3 Å². The molecule has 2 aromatic heterocycles. The molecule has 2 aliphatic heterocycles. The van der Waals surface area contributed by atoms with Gasteiger partial charge in [0.25, 0.3) is 0 Å². The molecule has 31 heavy (non-hydrogen) atoms. The van der Waals surface area contributed by atoms with E-state index in [0.29, 0.717) is 23.6 Å². The number of hydrogen-bond donors (Lipinski definition) is 1. The number of nitrogens with one attached hydrogen (secondary N) is 1. The summed E-state index contributed by atoms with van der Waals surface area (Å²) in [5, 5.41) is 7.90. The second-order valence-electron chi connectivity index (χ2n) is 8.32. The minimum absolute atomic E-state index is 0.542. The van der Waals surface area contributed by atoms with Crippen molar-refractivity contribution in [1.82, 2.24) is 29.6 Å². The zero-order chi connectivity index (χ0) is 21.4. The van der Waals surface area contributed by atoms with Crippen molar-refractivity contribution in [2.45, 2.75) is 26.8 Å². The molecule has 2 saturated heterocycles. The van der Waals surface area contributed by atoms with Crippen LogP contribution in [-0.2, 0) is 4.74 Å². The van der Waals surface area contributed by atoms with E-state index in [0.717, 1.165) is 50.8 Å². The first-order valence-corrected chi connectivity index (χ1v) is 10.7. The smallest absolute Gasteiger partial charge is 0.247 e. The van der Waals surface area contributed by atoms with Crippen LogP contribution in [0.3, 0.4) is 0 Å². The van der Waals surface area contributed by atoms with Gasteiger partial charge in [0.1, 0.15) is 12.2 Å². The van der Waals surface area contributed by atoms with Gasteiger partial charge >= 0.3 is 0 Å². The van der Waals surface area contributed by atoms with E-state index in [1.807, 2.05) is 19.9 Å². The topological polar surface area (TPSA) is 84.2 Å². The van der Waals surface area contributed by atoms with Gasteiger partial charge in [0.2, 0.25) is 5.95 Å². The average Bonchev–Trinajstić information content (AvgIpc) is 3.14. The summed E-state index contributed by atoms with van der Waals surface area (Å²) in [5.74, 6) is 1.97. The maximum Gasteiger partial charge on any atom is 0.247 e. The fraction of sp³-hybridized carbons (Fsp3) is 0.455. The number of aromatic nitrogens is 5. The van der Waals surface area contributed by atoms with Crippen molar-refractivity contribution in [1.29, 1.82) is 0 Å². The Morgan fingerprint density at radius 2 is 1.77 bits per heavy atom. The van der Waals surface area contributed by atoms with E-state index in [1.54, 1.807) is 11.0 Å². The lowest BCUT2D eigenvalue weighted by molar-refractivity contribution is -0.0660. The van der Waals surface area contributed by atoms with Crippen molar-refractivity contribution >= 4 is 17.3 Å². The molecule has 162 valence electrons. The molecule has 2 aliphatic rings. The number of nitrogens with zero attached hydrogens (tertiary/aromatic N) is 7. The third kappa shape index (κ3) is 4.38. The molecule has 3 aromatic rings. The standard InChI is InChI=1S/C22H28N8O/c1-15-8-18(11-19(9-15)28-4-6-29(7-5-28)20-12-31-13-20)26-22-23-14-30(27-22)21-10-16(2)24-17(3)25-21/h8-11,14,20H,4-7,12-13H2,1-3H3,(H,26,27). The van der Waals surface area contributed by atoms with Gasteiger partial charge < -0.3 is 15.0 Å². The first-order chi connectivity index (χ1) is 15.0. The molecule has 0 saturated carbocycles. The Balaban J connectivity index is 1.29. The lowest BCUT2D eigenvalue weighted by atomic mass is 10.1. The van der Waals surface area contributed by atoms with Crippen LogP contribution >= 0.6 is 0 Å². The summed E-state index contributed by atoms with van der Waals surface area (Å²) in [5.41, 5.74) is 4.32. The fourth-order valence-electron chi connectivity index (χ4n) is 4.17. The van der Waals surface area contributed by atoms with Gasteiger partial charge in [-0.05, 0) is 44.5 Å². The van der Waals surface area contributed by atoms with Gasteiger partial charge in [0.05, 0.1) is 19.3 Å². The van der Waals surface area contributed by atoms with Crippen LogP contribution in [0.2, 0.25) is 0 Å².